The zero-order valence-corrected chi connectivity index (χ0v) is 12.9. The fourth-order valence-corrected chi connectivity index (χ4v) is 2.86. The molecule has 0 bridgehead atoms. The van der Waals surface area contributed by atoms with E-state index < -0.39 is 0 Å². The van der Waals surface area contributed by atoms with Crippen LogP contribution in [0.4, 0.5) is 0 Å². The van der Waals surface area contributed by atoms with Gasteiger partial charge in [-0.2, -0.15) is 0 Å². The maximum Gasteiger partial charge on any atom is 0.120 e. The van der Waals surface area contributed by atoms with Crippen LogP contribution < -0.4 is 10.1 Å². The molecule has 0 spiro atoms. The molecule has 2 unspecified atom stereocenters. The van der Waals surface area contributed by atoms with E-state index in [1.807, 2.05) is 26.1 Å². The molecule has 1 fully saturated rings. The smallest absolute Gasteiger partial charge is 0.120 e. The number of hydrogen-bond acceptors (Lipinski definition) is 4. The lowest BCUT2D eigenvalue weighted by Gasteiger charge is -2.31. The Morgan fingerprint density at radius 1 is 1.47 bits per heavy atom. The quantitative estimate of drug-likeness (QED) is 0.901. The van der Waals surface area contributed by atoms with Crippen LogP contribution in [-0.4, -0.2) is 39.6 Å². The summed E-state index contributed by atoms with van der Waals surface area (Å²) in [6.45, 7) is 4.59. The summed E-state index contributed by atoms with van der Waals surface area (Å²) >= 11 is 3.61. The second-order valence-electron chi connectivity index (χ2n) is 4.37. The molecule has 2 rings (SSSR count). The summed E-state index contributed by atoms with van der Waals surface area (Å²) in [5.74, 6) is 0.869. The lowest BCUT2D eigenvalue weighted by atomic mass is 10.0. The van der Waals surface area contributed by atoms with Gasteiger partial charge in [0.05, 0.1) is 32.5 Å². The fourth-order valence-electron chi connectivity index (χ4n) is 2.26. The third-order valence-electron chi connectivity index (χ3n) is 3.14. The molecule has 0 saturated carbocycles. The largest absolute Gasteiger partial charge is 0.494 e. The van der Waals surface area contributed by atoms with Crippen LogP contribution in [0.5, 0.6) is 5.75 Å². The molecule has 1 aliphatic rings. The third kappa shape index (κ3) is 3.69. The fraction of sp³-hybridized carbons (Fsp3) is 0.571. The monoisotopic (exact) mass is 329 g/mol. The maximum atomic E-state index is 5.78. The standard InChI is InChI=1S/C14H20BrNO3/c1-3-18-10-4-5-11(12(15)8-10)14(16-2)13-9-17-6-7-19-13/h4-5,8,13-14,16H,3,6-7,9H2,1-2H3. The van der Waals surface area contributed by atoms with E-state index in [4.69, 9.17) is 14.2 Å². The molecular weight excluding hydrogens is 310 g/mol. The molecule has 1 aliphatic heterocycles. The van der Waals surface area contributed by atoms with Crippen LogP contribution in [0.2, 0.25) is 0 Å². The highest BCUT2D eigenvalue weighted by Crippen LogP contribution is 2.31. The van der Waals surface area contributed by atoms with E-state index in [1.165, 1.54) is 0 Å². The van der Waals surface area contributed by atoms with Crippen molar-refractivity contribution in [1.82, 2.24) is 5.32 Å². The zero-order valence-electron chi connectivity index (χ0n) is 11.3. The first kappa shape index (κ1) is 14.8. The molecule has 2 atom stereocenters. The van der Waals surface area contributed by atoms with Crippen LogP contribution in [0.1, 0.15) is 18.5 Å². The third-order valence-corrected chi connectivity index (χ3v) is 3.83. The van der Waals surface area contributed by atoms with Gasteiger partial charge in [0.25, 0.3) is 0 Å². The van der Waals surface area contributed by atoms with E-state index in [0.29, 0.717) is 26.4 Å². The van der Waals surface area contributed by atoms with Gasteiger partial charge >= 0.3 is 0 Å². The molecular formula is C14H20BrNO3. The molecule has 1 N–H and O–H groups in total. The van der Waals surface area contributed by atoms with Crippen LogP contribution in [0.15, 0.2) is 22.7 Å². The minimum absolute atomic E-state index is 0.0352. The Bertz CT molecular complexity index is 408. The van der Waals surface area contributed by atoms with Crippen molar-refractivity contribution in [2.45, 2.75) is 19.1 Å². The summed E-state index contributed by atoms with van der Waals surface area (Å²) in [4.78, 5) is 0. The van der Waals surface area contributed by atoms with Gasteiger partial charge in [-0.25, -0.2) is 0 Å². The van der Waals surface area contributed by atoms with Crippen molar-refractivity contribution in [1.29, 1.82) is 0 Å². The molecule has 5 heteroatoms. The van der Waals surface area contributed by atoms with Crippen LogP contribution >= 0.6 is 15.9 Å². The number of hydrogen-bond donors (Lipinski definition) is 1. The highest BCUT2D eigenvalue weighted by atomic mass is 79.9. The Morgan fingerprint density at radius 2 is 2.32 bits per heavy atom. The Labute approximate surface area is 122 Å². The normalized spacial score (nSPS) is 21.1. The topological polar surface area (TPSA) is 39.7 Å². The van der Waals surface area contributed by atoms with Gasteiger partial charge < -0.3 is 19.5 Å². The van der Waals surface area contributed by atoms with E-state index in [-0.39, 0.29) is 12.1 Å². The summed E-state index contributed by atoms with van der Waals surface area (Å²) in [6, 6.07) is 6.14. The number of likely N-dealkylation sites (N-methyl/N-ethyl adjacent to an activating group) is 1. The SMILES string of the molecule is CCOc1ccc(C(NC)C2COCCO2)c(Br)c1. The summed E-state index contributed by atoms with van der Waals surface area (Å²) in [5, 5.41) is 3.30. The molecule has 1 aromatic carbocycles. The van der Waals surface area contributed by atoms with E-state index in [2.05, 4.69) is 27.3 Å². The Hall–Kier alpha value is -0.620. The van der Waals surface area contributed by atoms with Gasteiger partial charge in [-0.15, -0.1) is 0 Å². The molecule has 1 heterocycles. The molecule has 0 aromatic heterocycles. The molecule has 0 aliphatic carbocycles. The van der Waals surface area contributed by atoms with Gasteiger partial charge in [-0.1, -0.05) is 22.0 Å². The number of nitrogens with one attached hydrogen (secondary N) is 1. The molecule has 0 amide bonds. The first-order chi connectivity index (χ1) is 9.26. The second kappa shape index (κ2) is 7.24. The predicted octanol–water partition coefficient (Wildman–Crippen LogP) is 2.52. The van der Waals surface area contributed by atoms with Gasteiger partial charge in [0.1, 0.15) is 11.9 Å². The Balaban J connectivity index is 2.17. The lowest BCUT2D eigenvalue weighted by molar-refractivity contribution is -0.101. The minimum atomic E-state index is 0.0352. The number of ether oxygens (including phenoxy) is 3. The van der Waals surface area contributed by atoms with Crippen molar-refractivity contribution in [2.75, 3.05) is 33.5 Å². The summed E-state index contributed by atoms with van der Waals surface area (Å²) in [5.41, 5.74) is 1.15. The van der Waals surface area contributed by atoms with Crippen molar-refractivity contribution in [2.24, 2.45) is 0 Å². The average molecular weight is 330 g/mol. The van der Waals surface area contributed by atoms with Crippen LogP contribution in [-0.2, 0) is 9.47 Å². The first-order valence-electron chi connectivity index (χ1n) is 6.55. The van der Waals surface area contributed by atoms with Crippen molar-refractivity contribution in [3.8, 4) is 5.75 Å². The van der Waals surface area contributed by atoms with Gasteiger partial charge in [-0.05, 0) is 31.7 Å². The highest BCUT2D eigenvalue weighted by Gasteiger charge is 2.26. The molecule has 1 aromatic rings. The Morgan fingerprint density at radius 3 is 2.89 bits per heavy atom. The molecule has 0 radical (unpaired) electrons. The van der Waals surface area contributed by atoms with Gasteiger partial charge in [0, 0.05) is 4.47 Å². The van der Waals surface area contributed by atoms with Gasteiger partial charge in [0.2, 0.25) is 0 Å². The van der Waals surface area contributed by atoms with Gasteiger partial charge in [0.15, 0.2) is 0 Å². The minimum Gasteiger partial charge on any atom is -0.494 e. The van der Waals surface area contributed by atoms with E-state index in [0.717, 1.165) is 15.8 Å². The number of benzene rings is 1. The van der Waals surface area contributed by atoms with Crippen molar-refractivity contribution < 1.29 is 14.2 Å². The van der Waals surface area contributed by atoms with E-state index in [1.54, 1.807) is 0 Å². The number of halogens is 1. The lowest BCUT2D eigenvalue weighted by Crippen LogP contribution is -2.39. The summed E-state index contributed by atoms with van der Waals surface area (Å²) in [7, 11) is 1.94. The first-order valence-corrected chi connectivity index (χ1v) is 7.34. The molecule has 106 valence electrons. The van der Waals surface area contributed by atoms with E-state index in [9.17, 15) is 0 Å². The number of rotatable bonds is 5. The van der Waals surface area contributed by atoms with Gasteiger partial charge in [-0.3, -0.25) is 0 Å². The predicted molar refractivity (Wildman–Crippen MR) is 77.7 cm³/mol. The summed E-state index contributed by atoms with van der Waals surface area (Å²) < 4.78 is 17.8. The van der Waals surface area contributed by atoms with Crippen molar-refractivity contribution >= 4 is 15.9 Å². The van der Waals surface area contributed by atoms with Crippen molar-refractivity contribution in [3.05, 3.63) is 28.2 Å². The second-order valence-corrected chi connectivity index (χ2v) is 5.22. The summed E-state index contributed by atoms with van der Waals surface area (Å²) in [6.07, 6.45) is 0.0352. The molecule has 4 nitrogen and oxygen atoms in total. The average Bonchev–Trinajstić information content (AvgIpc) is 2.43. The Kier molecular flexibility index (Phi) is 5.63. The van der Waals surface area contributed by atoms with Crippen LogP contribution in [0.3, 0.4) is 0 Å². The van der Waals surface area contributed by atoms with E-state index >= 15 is 0 Å². The van der Waals surface area contributed by atoms with Crippen LogP contribution in [0.25, 0.3) is 0 Å². The zero-order chi connectivity index (χ0) is 13.7. The molecule has 1 saturated heterocycles. The van der Waals surface area contributed by atoms with Crippen LogP contribution in [0, 0.1) is 0 Å². The molecule has 19 heavy (non-hydrogen) atoms. The maximum absolute atomic E-state index is 5.78. The highest BCUT2D eigenvalue weighted by molar-refractivity contribution is 9.10. The van der Waals surface area contributed by atoms with Crippen molar-refractivity contribution in [3.63, 3.8) is 0 Å².